The Morgan fingerprint density at radius 2 is 2.44 bits per heavy atom. The number of halogens is 1. The molecule has 88 valence electrons. The van der Waals surface area contributed by atoms with E-state index in [2.05, 4.69) is 21.2 Å². The van der Waals surface area contributed by atoms with Crippen LogP contribution in [0.4, 0.5) is 0 Å². The summed E-state index contributed by atoms with van der Waals surface area (Å²) in [6.07, 6.45) is 2.21. The number of rotatable bonds is 4. The Labute approximate surface area is 107 Å². The third kappa shape index (κ3) is 2.84. The van der Waals surface area contributed by atoms with Crippen molar-refractivity contribution in [3.8, 4) is 0 Å². The topological polar surface area (TPSA) is 38.3 Å². The fourth-order valence-electron chi connectivity index (χ4n) is 1.75. The average Bonchev–Trinajstić information content (AvgIpc) is 2.61. The minimum Gasteiger partial charge on any atom is -0.378 e. The van der Waals surface area contributed by atoms with Crippen LogP contribution in [0.1, 0.15) is 30.1 Å². The highest BCUT2D eigenvalue weighted by Crippen LogP contribution is 2.25. The van der Waals surface area contributed by atoms with Crippen molar-refractivity contribution in [1.29, 1.82) is 0 Å². The molecule has 5 heteroatoms. The van der Waals surface area contributed by atoms with Gasteiger partial charge >= 0.3 is 0 Å². The van der Waals surface area contributed by atoms with E-state index in [1.54, 1.807) is 0 Å². The van der Waals surface area contributed by atoms with Crippen LogP contribution in [0.5, 0.6) is 0 Å². The molecule has 0 unspecified atom stereocenters. The largest absolute Gasteiger partial charge is 0.378 e. The minimum atomic E-state index is 0.0156. The normalized spacial score (nSPS) is 23.9. The summed E-state index contributed by atoms with van der Waals surface area (Å²) in [5.41, 5.74) is 0.733. The zero-order valence-electron chi connectivity index (χ0n) is 9.03. The first kappa shape index (κ1) is 12.1. The Morgan fingerprint density at radius 1 is 1.69 bits per heavy atom. The molecule has 1 amide bonds. The van der Waals surface area contributed by atoms with Crippen molar-refractivity contribution >= 4 is 33.2 Å². The first-order chi connectivity index (χ1) is 7.69. The molecule has 0 aliphatic heterocycles. The molecule has 1 aromatic heterocycles. The Balaban J connectivity index is 1.77. The van der Waals surface area contributed by atoms with Crippen LogP contribution in [0, 0.1) is 0 Å². The predicted molar refractivity (Wildman–Crippen MR) is 67.9 cm³/mol. The van der Waals surface area contributed by atoms with Gasteiger partial charge in [0.05, 0.1) is 15.5 Å². The quantitative estimate of drug-likeness (QED) is 0.929. The van der Waals surface area contributed by atoms with Crippen molar-refractivity contribution in [1.82, 2.24) is 5.32 Å². The summed E-state index contributed by atoms with van der Waals surface area (Å²) in [6.45, 7) is 2.75. The number of thiophene rings is 1. The van der Waals surface area contributed by atoms with E-state index in [4.69, 9.17) is 4.74 Å². The van der Waals surface area contributed by atoms with E-state index in [0.717, 1.165) is 28.8 Å². The van der Waals surface area contributed by atoms with E-state index in [-0.39, 0.29) is 11.9 Å². The summed E-state index contributed by atoms with van der Waals surface area (Å²) in [4.78, 5) is 11.8. The maximum atomic E-state index is 11.8. The van der Waals surface area contributed by atoms with Gasteiger partial charge in [0.2, 0.25) is 0 Å². The second-order valence-corrected chi connectivity index (χ2v) is 6.15. The van der Waals surface area contributed by atoms with Gasteiger partial charge in [0.25, 0.3) is 5.91 Å². The van der Waals surface area contributed by atoms with Crippen LogP contribution in [0.3, 0.4) is 0 Å². The molecule has 1 saturated carbocycles. The summed E-state index contributed by atoms with van der Waals surface area (Å²) in [7, 11) is 0. The zero-order chi connectivity index (χ0) is 11.5. The van der Waals surface area contributed by atoms with E-state index in [9.17, 15) is 4.79 Å². The van der Waals surface area contributed by atoms with Gasteiger partial charge in [0.1, 0.15) is 0 Å². The van der Waals surface area contributed by atoms with Gasteiger partial charge in [-0.1, -0.05) is 0 Å². The molecule has 1 aromatic rings. The van der Waals surface area contributed by atoms with Gasteiger partial charge in [0, 0.05) is 18.0 Å². The molecule has 1 aliphatic carbocycles. The standard InChI is InChI=1S/C11H14BrNO2S/c1-2-15-9-4-8(5-9)13-11(14)7-3-10(12)16-6-7/h3,6,8-9H,2,4-5H2,1H3,(H,13,14). The maximum absolute atomic E-state index is 11.8. The monoisotopic (exact) mass is 303 g/mol. The molecule has 0 atom stereocenters. The number of ether oxygens (including phenoxy) is 1. The first-order valence-corrected chi connectivity index (χ1v) is 7.02. The van der Waals surface area contributed by atoms with Crippen molar-refractivity contribution in [3.05, 3.63) is 20.8 Å². The Bertz CT molecular complexity index is 374. The van der Waals surface area contributed by atoms with Crippen LogP contribution in [0.25, 0.3) is 0 Å². The van der Waals surface area contributed by atoms with Crippen LogP contribution in [0.15, 0.2) is 15.2 Å². The molecule has 16 heavy (non-hydrogen) atoms. The highest BCUT2D eigenvalue weighted by molar-refractivity contribution is 9.11. The molecule has 0 aromatic carbocycles. The maximum Gasteiger partial charge on any atom is 0.252 e. The first-order valence-electron chi connectivity index (χ1n) is 5.35. The lowest BCUT2D eigenvalue weighted by Crippen LogP contribution is -2.47. The summed E-state index contributed by atoms with van der Waals surface area (Å²) < 4.78 is 6.43. The number of carbonyl (C=O) groups excluding carboxylic acids is 1. The van der Waals surface area contributed by atoms with Crippen LogP contribution in [-0.4, -0.2) is 24.7 Å². The SMILES string of the molecule is CCOC1CC(NC(=O)c2csc(Br)c2)C1. The molecule has 3 nitrogen and oxygen atoms in total. The highest BCUT2D eigenvalue weighted by Gasteiger charge is 2.30. The lowest BCUT2D eigenvalue weighted by molar-refractivity contribution is -0.00862. The van der Waals surface area contributed by atoms with Crippen LogP contribution >= 0.6 is 27.3 Å². The van der Waals surface area contributed by atoms with Crippen molar-refractivity contribution < 1.29 is 9.53 Å². The van der Waals surface area contributed by atoms with Crippen molar-refractivity contribution in [2.45, 2.75) is 31.9 Å². The van der Waals surface area contributed by atoms with E-state index >= 15 is 0 Å². The average molecular weight is 304 g/mol. The molecule has 0 spiro atoms. The van der Waals surface area contributed by atoms with E-state index in [0.29, 0.717) is 6.10 Å². The second kappa shape index (κ2) is 5.29. The van der Waals surface area contributed by atoms with Gasteiger partial charge in [0.15, 0.2) is 0 Å². The van der Waals surface area contributed by atoms with Crippen LogP contribution in [-0.2, 0) is 4.74 Å². The molecule has 0 bridgehead atoms. The van der Waals surface area contributed by atoms with E-state index < -0.39 is 0 Å². The predicted octanol–water partition coefficient (Wildman–Crippen LogP) is 2.81. The van der Waals surface area contributed by atoms with Crippen molar-refractivity contribution in [2.24, 2.45) is 0 Å². The molecular weight excluding hydrogens is 290 g/mol. The van der Waals surface area contributed by atoms with Crippen LogP contribution < -0.4 is 5.32 Å². The van der Waals surface area contributed by atoms with Gasteiger partial charge in [-0.3, -0.25) is 4.79 Å². The number of hydrogen-bond acceptors (Lipinski definition) is 3. The van der Waals surface area contributed by atoms with E-state index in [1.807, 2.05) is 18.4 Å². The number of amides is 1. The Morgan fingerprint density at radius 3 is 3.00 bits per heavy atom. The van der Waals surface area contributed by atoms with Gasteiger partial charge in [-0.25, -0.2) is 0 Å². The number of nitrogens with one attached hydrogen (secondary N) is 1. The summed E-state index contributed by atoms with van der Waals surface area (Å²) in [6, 6.07) is 2.13. The molecule has 1 aliphatic rings. The third-order valence-corrected chi connectivity index (χ3v) is 4.17. The lowest BCUT2D eigenvalue weighted by atomic mass is 9.89. The fourth-order valence-corrected chi connectivity index (χ4v) is 2.89. The van der Waals surface area contributed by atoms with Crippen LogP contribution in [0.2, 0.25) is 0 Å². The Kier molecular flexibility index (Phi) is 4.00. The molecule has 0 saturated heterocycles. The van der Waals surface area contributed by atoms with Gasteiger partial charge in [-0.05, 0) is 41.8 Å². The number of carbonyl (C=O) groups is 1. The fraction of sp³-hybridized carbons (Fsp3) is 0.545. The van der Waals surface area contributed by atoms with Gasteiger partial charge in [-0.15, -0.1) is 11.3 Å². The lowest BCUT2D eigenvalue weighted by Gasteiger charge is -2.35. The van der Waals surface area contributed by atoms with Gasteiger partial charge < -0.3 is 10.1 Å². The van der Waals surface area contributed by atoms with Crippen molar-refractivity contribution in [2.75, 3.05) is 6.61 Å². The summed E-state index contributed by atoms with van der Waals surface area (Å²) >= 11 is 4.87. The summed E-state index contributed by atoms with van der Waals surface area (Å²) in [5, 5.41) is 4.86. The molecule has 1 heterocycles. The highest BCUT2D eigenvalue weighted by atomic mass is 79.9. The molecular formula is C11H14BrNO2S. The zero-order valence-corrected chi connectivity index (χ0v) is 11.4. The second-order valence-electron chi connectivity index (χ2n) is 3.86. The molecule has 1 fully saturated rings. The van der Waals surface area contributed by atoms with Crippen molar-refractivity contribution in [3.63, 3.8) is 0 Å². The van der Waals surface area contributed by atoms with E-state index in [1.165, 1.54) is 11.3 Å². The molecule has 1 N–H and O–H groups in total. The molecule has 0 radical (unpaired) electrons. The minimum absolute atomic E-state index is 0.0156. The van der Waals surface area contributed by atoms with Gasteiger partial charge in [-0.2, -0.15) is 0 Å². The number of hydrogen-bond donors (Lipinski definition) is 1. The Hall–Kier alpha value is -0.390. The third-order valence-electron chi connectivity index (χ3n) is 2.66. The molecule has 2 rings (SSSR count). The smallest absolute Gasteiger partial charge is 0.252 e. The summed E-state index contributed by atoms with van der Waals surface area (Å²) in [5.74, 6) is 0.0156.